The van der Waals surface area contributed by atoms with Crippen LogP contribution in [0.25, 0.3) is 11.3 Å². The van der Waals surface area contributed by atoms with Crippen LogP contribution in [0.3, 0.4) is 0 Å². The molecule has 74 heavy (non-hydrogen) atoms. The maximum Gasteiger partial charge on any atom is 0.407 e. The van der Waals surface area contributed by atoms with Crippen molar-refractivity contribution in [2.24, 2.45) is 13.0 Å². The zero-order valence-electron chi connectivity index (χ0n) is 42.8. The number of nitrogens with zero attached hydrogens (tertiary/aromatic N) is 4. The lowest BCUT2D eigenvalue weighted by Crippen LogP contribution is -2.65. The molecule has 0 aliphatic carbocycles. The molecule has 6 rings (SSSR count). The molecule has 1 aliphatic heterocycles. The van der Waals surface area contributed by atoms with Crippen LogP contribution in [0.5, 0.6) is 11.5 Å². The number of ether oxygens (including phenoxy) is 2. The van der Waals surface area contributed by atoms with Gasteiger partial charge in [-0.05, 0) is 127 Å². The number of carboxylic acids is 1. The second kappa shape index (κ2) is 26.1. The lowest BCUT2D eigenvalue weighted by Gasteiger charge is -2.45. The second-order valence-corrected chi connectivity index (χ2v) is 20.9. The molecule has 0 radical (unpaired) electrons. The van der Waals surface area contributed by atoms with Crippen LogP contribution in [0.4, 0.5) is 4.79 Å². The SMILES string of the molecule is CN(C)Cc1ncc(-c2ccc(Oc3cc(Cl)ccc3CNC(CCNC(=O)OC(C)(C)C)C(=O)NC(CO)C(=O)NC3(Cc4ccc(Cl)cc4)CCCN(C(=O)C(CC(=O)O)Cc4ccccc4)C3)cc2)n1C. The number of hydrogen-bond donors (Lipinski definition) is 6. The molecule has 1 fully saturated rings. The summed E-state index contributed by atoms with van der Waals surface area (Å²) in [6.45, 7) is 5.57. The Morgan fingerprint density at radius 3 is 2.26 bits per heavy atom. The van der Waals surface area contributed by atoms with Gasteiger partial charge in [0.05, 0.1) is 49.0 Å². The van der Waals surface area contributed by atoms with Crippen LogP contribution in [0.15, 0.2) is 103 Å². The van der Waals surface area contributed by atoms with Crippen molar-refractivity contribution in [1.29, 1.82) is 0 Å². The third-order valence-corrected chi connectivity index (χ3v) is 13.0. The number of rotatable bonds is 23. The van der Waals surface area contributed by atoms with E-state index in [4.69, 9.17) is 32.7 Å². The molecule has 17 nitrogen and oxygen atoms in total. The largest absolute Gasteiger partial charge is 0.481 e. The first kappa shape index (κ1) is 56.8. The number of halogens is 2. The Hall–Kier alpha value is -6.50. The Kier molecular flexibility index (Phi) is 20.0. The van der Waals surface area contributed by atoms with Gasteiger partial charge in [-0.2, -0.15) is 0 Å². The Morgan fingerprint density at radius 1 is 0.892 bits per heavy atom. The van der Waals surface area contributed by atoms with Gasteiger partial charge < -0.3 is 55.3 Å². The van der Waals surface area contributed by atoms with Crippen molar-refractivity contribution < 1.29 is 43.7 Å². The minimum Gasteiger partial charge on any atom is -0.481 e. The molecule has 0 spiro atoms. The van der Waals surface area contributed by atoms with Crippen LogP contribution in [-0.4, -0.2) is 123 Å². The summed E-state index contributed by atoms with van der Waals surface area (Å²) in [5, 5.41) is 33.3. The first-order valence-corrected chi connectivity index (χ1v) is 25.4. The van der Waals surface area contributed by atoms with E-state index in [0.29, 0.717) is 53.0 Å². The van der Waals surface area contributed by atoms with Crippen LogP contribution in [-0.2, 0) is 56.9 Å². The molecule has 1 aromatic heterocycles. The third-order valence-electron chi connectivity index (χ3n) is 12.5. The Bertz CT molecular complexity index is 2700. The summed E-state index contributed by atoms with van der Waals surface area (Å²) in [7, 11) is 5.95. The van der Waals surface area contributed by atoms with Gasteiger partial charge in [-0.25, -0.2) is 9.78 Å². The number of aliphatic carboxylic acids is 1. The van der Waals surface area contributed by atoms with Gasteiger partial charge in [0.2, 0.25) is 17.7 Å². The highest BCUT2D eigenvalue weighted by atomic mass is 35.5. The molecular formula is C55H68Cl2N8O9. The quantitative estimate of drug-likeness (QED) is 0.0385. The second-order valence-electron chi connectivity index (χ2n) is 20.1. The summed E-state index contributed by atoms with van der Waals surface area (Å²) in [4.78, 5) is 76.1. The van der Waals surface area contributed by atoms with Gasteiger partial charge in [0.15, 0.2) is 0 Å². The summed E-state index contributed by atoms with van der Waals surface area (Å²) in [5.41, 5.74) is 2.30. The molecule has 4 atom stereocenters. The molecule has 0 bridgehead atoms. The number of carbonyl (C=O) groups excluding carboxylic acids is 4. The topological polar surface area (TPSA) is 217 Å². The number of likely N-dealkylation sites (tertiary alicyclic amines) is 1. The predicted molar refractivity (Wildman–Crippen MR) is 284 cm³/mol. The molecule has 1 aliphatic rings. The fourth-order valence-corrected chi connectivity index (χ4v) is 9.25. The van der Waals surface area contributed by atoms with E-state index < -0.39 is 59.6 Å². The van der Waals surface area contributed by atoms with Crippen LogP contribution >= 0.6 is 23.2 Å². The molecule has 2 heterocycles. The number of aliphatic hydroxyl groups is 1. The van der Waals surface area contributed by atoms with E-state index in [2.05, 4.69) is 31.2 Å². The molecule has 396 valence electrons. The van der Waals surface area contributed by atoms with E-state index in [0.717, 1.165) is 28.2 Å². The minimum atomic E-state index is -1.44. The summed E-state index contributed by atoms with van der Waals surface area (Å²) in [6, 6.07) is 26.5. The molecule has 6 N–H and O–H groups in total. The summed E-state index contributed by atoms with van der Waals surface area (Å²) < 4.78 is 13.8. The molecule has 4 aromatic carbocycles. The van der Waals surface area contributed by atoms with Gasteiger partial charge in [0, 0.05) is 54.4 Å². The normalized spacial score (nSPS) is 15.9. The van der Waals surface area contributed by atoms with E-state index in [1.165, 1.54) is 0 Å². The highest BCUT2D eigenvalue weighted by Gasteiger charge is 2.42. The smallest absolute Gasteiger partial charge is 0.407 e. The van der Waals surface area contributed by atoms with Crippen LogP contribution < -0.4 is 26.0 Å². The zero-order valence-corrected chi connectivity index (χ0v) is 44.3. The summed E-state index contributed by atoms with van der Waals surface area (Å²) >= 11 is 12.7. The number of aliphatic hydroxyl groups excluding tert-OH is 1. The van der Waals surface area contributed by atoms with Crippen molar-refractivity contribution in [3.8, 4) is 22.8 Å². The Morgan fingerprint density at radius 2 is 1.59 bits per heavy atom. The van der Waals surface area contributed by atoms with Crippen molar-refractivity contribution in [2.45, 2.75) is 95.6 Å². The van der Waals surface area contributed by atoms with E-state index in [1.807, 2.05) is 98.6 Å². The van der Waals surface area contributed by atoms with Gasteiger partial charge >= 0.3 is 12.1 Å². The van der Waals surface area contributed by atoms with Gasteiger partial charge in [-0.3, -0.25) is 19.2 Å². The average molecular weight is 1060 g/mol. The van der Waals surface area contributed by atoms with Gasteiger partial charge in [0.1, 0.15) is 29.0 Å². The molecule has 5 aromatic rings. The van der Waals surface area contributed by atoms with Crippen molar-refractivity contribution >= 4 is 53.0 Å². The average Bonchev–Trinajstić information content (AvgIpc) is 3.70. The van der Waals surface area contributed by atoms with E-state index >= 15 is 0 Å². The standard InChI is InChI=1S/C55H68Cl2N8O9/c1-54(2,3)74-53(72)58-25-23-44(59-31-39-15-20-42(57)29-47(39)73-43-21-16-38(17-22-43)46-32-60-48(64(46)6)33-63(4)5)50(69)61-45(34-66)51(70)62-55(30-37-13-18-41(56)19-14-37)24-10-26-65(35-55)52(71)40(28-49(67)68)27-36-11-8-7-9-12-36/h7-9,11-22,29,32,40,44-45,59,66H,10,23-28,30-31,33-35H2,1-6H3,(H,58,72)(H,61,69)(H,62,70)(H,67,68). The number of imidazole rings is 1. The molecule has 4 amide bonds. The lowest BCUT2D eigenvalue weighted by molar-refractivity contribution is -0.146. The predicted octanol–water partition coefficient (Wildman–Crippen LogP) is 7.15. The number of amides is 4. The summed E-state index contributed by atoms with van der Waals surface area (Å²) in [6.07, 6.45) is 2.19. The van der Waals surface area contributed by atoms with Crippen molar-refractivity contribution in [2.75, 3.05) is 40.3 Å². The molecule has 4 unspecified atom stereocenters. The maximum absolute atomic E-state index is 14.5. The molecule has 19 heteroatoms. The van der Waals surface area contributed by atoms with E-state index in [-0.39, 0.29) is 51.2 Å². The molecule has 0 saturated carbocycles. The third kappa shape index (κ3) is 16.8. The number of piperidine rings is 1. The number of carbonyl (C=O) groups is 5. The molecule has 1 saturated heterocycles. The maximum atomic E-state index is 14.5. The van der Waals surface area contributed by atoms with E-state index in [1.54, 1.807) is 56.0 Å². The zero-order chi connectivity index (χ0) is 53.6. The number of nitrogens with one attached hydrogen (secondary N) is 4. The molecular weight excluding hydrogens is 988 g/mol. The Balaban J connectivity index is 1.20. The number of benzene rings is 4. The van der Waals surface area contributed by atoms with Gasteiger partial charge in [-0.1, -0.05) is 71.7 Å². The van der Waals surface area contributed by atoms with Crippen LogP contribution in [0.1, 0.15) is 69.0 Å². The number of aromatic nitrogens is 2. The highest BCUT2D eigenvalue weighted by molar-refractivity contribution is 6.31. The fraction of sp³-hybridized carbons (Fsp3) is 0.418. The Labute approximate surface area is 442 Å². The summed E-state index contributed by atoms with van der Waals surface area (Å²) in [5.74, 6) is -1.78. The van der Waals surface area contributed by atoms with E-state index in [9.17, 15) is 34.2 Å². The van der Waals surface area contributed by atoms with Gasteiger partial charge in [-0.15, -0.1) is 0 Å². The van der Waals surface area contributed by atoms with Crippen molar-refractivity contribution in [3.05, 3.63) is 136 Å². The minimum absolute atomic E-state index is 0.000818. The van der Waals surface area contributed by atoms with Crippen molar-refractivity contribution in [3.63, 3.8) is 0 Å². The number of hydrogen-bond acceptors (Lipinski definition) is 11. The number of alkyl carbamates (subject to hydrolysis) is 1. The van der Waals surface area contributed by atoms with Crippen LogP contribution in [0, 0.1) is 5.92 Å². The first-order chi connectivity index (χ1) is 35.2. The monoisotopic (exact) mass is 1050 g/mol. The highest BCUT2D eigenvalue weighted by Crippen LogP contribution is 2.32. The lowest BCUT2D eigenvalue weighted by atomic mass is 9.82. The van der Waals surface area contributed by atoms with Crippen LogP contribution in [0.2, 0.25) is 10.0 Å². The fourth-order valence-electron chi connectivity index (χ4n) is 8.96. The number of carboxylic acid groups (broad SMARTS) is 1. The first-order valence-electron chi connectivity index (χ1n) is 24.6. The van der Waals surface area contributed by atoms with Crippen molar-refractivity contribution in [1.82, 2.24) is 40.6 Å². The van der Waals surface area contributed by atoms with Gasteiger partial charge in [0.25, 0.3) is 0 Å².